The minimum absolute atomic E-state index is 0.0562. The molecule has 0 aliphatic carbocycles. The van der Waals surface area contributed by atoms with Gasteiger partial charge in [-0.1, -0.05) is 19.8 Å². The Labute approximate surface area is 152 Å². The van der Waals surface area contributed by atoms with Crippen molar-refractivity contribution < 1.29 is 17.6 Å². The van der Waals surface area contributed by atoms with Crippen molar-refractivity contribution in [2.45, 2.75) is 38.9 Å². The molecule has 4 nitrogen and oxygen atoms in total. The lowest BCUT2D eigenvalue weighted by Crippen LogP contribution is -2.20. The Kier molecular flexibility index (Phi) is 5.25. The maximum Gasteiger partial charge on any atom is 0.419 e. The number of fused-ring (bicyclic) bond motifs is 1. The van der Waals surface area contributed by atoms with Crippen LogP contribution in [0, 0.1) is 5.82 Å². The predicted octanol–water partition coefficient (Wildman–Crippen LogP) is 4.81. The highest BCUT2D eigenvalue weighted by Gasteiger charge is 2.31. The molecule has 0 aliphatic heterocycles. The van der Waals surface area contributed by atoms with Gasteiger partial charge in [0.2, 0.25) is 0 Å². The van der Waals surface area contributed by atoms with Crippen molar-refractivity contribution in [2.24, 2.45) is 0 Å². The summed E-state index contributed by atoms with van der Waals surface area (Å²) in [6.07, 6.45) is 1.04. The van der Waals surface area contributed by atoms with Crippen LogP contribution in [0.2, 0.25) is 0 Å². The van der Waals surface area contributed by atoms with E-state index in [9.17, 15) is 22.4 Å². The summed E-state index contributed by atoms with van der Waals surface area (Å²) < 4.78 is 54.2. The minimum atomic E-state index is -4.57. The first-order valence-electron chi connectivity index (χ1n) is 8.54. The average molecular weight is 379 g/mol. The monoisotopic (exact) mass is 379 g/mol. The lowest BCUT2D eigenvalue weighted by atomic mass is 10.1. The second kappa shape index (κ2) is 7.46. The van der Waals surface area contributed by atoms with Gasteiger partial charge in [0.05, 0.1) is 16.5 Å². The molecule has 2 aromatic heterocycles. The van der Waals surface area contributed by atoms with E-state index in [0.29, 0.717) is 18.9 Å². The van der Waals surface area contributed by atoms with E-state index >= 15 is 0 Å². The summed E-state index contributed by atoms with van der Waals surface area (Å²) in [5.74, 6) is -0.903. The van der Waals surface area contributed by atoms with Crippen LogP contribution < -0.4 is 5.56 Å². The van der Waals surface area contributed by atoms with Crippen LogP contribution in [0.25, 0.3) is 22.2 Å². The third-order valence-electron chi connectivity index (χ3n) is 4.31. The van der Waals surface area contributed by atoms with Gasteiger partial charge < -0.3 is 4.57 Å². The first-order valence-corrected chi connectivity index (χ1v) is 8.54. The van der Waals surface area contributed by atoms with Crippen LogP contribution in [0.4, 0.5) is 17.6 Å². The lowest BCUT2D eigenvalue weighted by molar-refractivity contribution is -0.138. The van der Waals surface area contributed by atoms with E-state index in [4.69, 9.17) is 0 Å². The van der Waals surface area contributed by atoms with Crippen molar-refractivity contribution in [3.05, 3.63) is 58.5 Å². The second-order valence-electron chi connectivity index (χ2n) is 6.20. The molecule has 0 bridgehead atoms. The molecule has 8 heteroatoms. The number of unbranched alkanes of at least 4 members (excludes halogenated alkanes) is 2. The summed E-state index contributed by atoms with van der Waals surface area (Å²) in [4.78, 5) is 19.8. The molecule has 3 rings (SSSR count). The molecule has 0 atom stereocenters. The third kappa shape index (κ3) is 3.84. The highest BCUT2D eigenvalue weighted by Crippen LogP contribution is 2.30. The molecule has 0 saturated heterocycles. The van der Waals surface area contributed by atoms with Gasteiger partial charge >= 0.3 is 6.18 Å². The predicted molar refractivity (Wildman–Crippen MR) is 93.7 cm³/mol. The third-order valence-corrected chi connectivity index (χ3v) is 4.31. The Morgan fingerprint density at radius 1 is 1.04 bits per heavy atom. The Morgan fingerprint density at radius 3 is 2.37 bits per heavy atom. The SMILES string of the molecule is CCCCCn1ccc2c(F)c(-c3ncc(C(F)(F)F)cn3)ccc2c1=O. The van der Waals surface area contributed by atoms with E-state index in [1.807, 2.05) is 0 Å². The fraction of sp³-hybridized carbons (Fsp3) is 0.316. The van der Waals surface area contributed by atoms with Crippen molar-refractivity contribution in [1.82, 2.24) is 14.5 Å². The second-order valence-corrected chi connectivity index (χ2v) is 6.20. The summed E-state index contributed by atoms with van der Waals surface area (Å²) in [6, 6.07) is 4.26. The first-order chi connectivity index (χ1) is 12.8. The summed E-state index contributed by atoms with van der Waals surface area (Å²) in [5.41, 5.74) is -1.37. The average Bonchev–Trinajstić information content (AvgIpc) is 2.64. The van der Waals surface area contributed by atoms with Gasteiger partial charge in [-0.05, 0) is 24.6 Å². The first kappa shape index (κ1) is 19.0. The van der Waals surface area contributed by atoms with Crippen molar-refractivity contribution in [1.29, 1.82) is 0 Å². The maximum atomic E-state index is 14.9. The van der Waals surface area contributed by atoms with Crippen molar-refractivity contribution in [3.63, 3.8) is 0 Å². The zero-order valence-corrected chi connectivity index (χ0v) is 14.6. The van der Waals surface area contributed by atoms with Crippen LogP contribution in [-0.2, 0) is 12.7 Å². The zero-order valence-electron chi connectivity index (χ0n) is 14.6. The van der Waals surface area contributed by atoms with Crippen molar-refractivity contribution in [3.8, 4) is 11.4 Å². The van der Waals surface area contributed by atoms with Gasteiger partial charge in [0.25, 0.3) is 5.56 Å². The number of rotatable bonds is 5. The number of pyridine rings is 1. The van der Waals surface area contributed by atoms with Gasteiger partial charge in [-0.3, -0.25) is 4.79 Å². The summed E-state index contributed by atoms with van der Waals surface area (Å²) in [6.45, 7) is 2.61. The molecular formula is C19H17F4N3O. The van der Waals surface area contributed by atoms with E-state index in [2.05, 4.69) is 16.9 Å². The quantitative estimate of drug-likeness (QED) is 0.472. The topological polar surface area (TPSA) is 47.8 Å². The van der Waals surface area contributed by atoms with E-state index in [1.165, 1.54) is 29.0 Å². The largest absolute Gasteiger partial charge is 0.419 e. The van der Waals surface area contributed by atoms with Crippen LogP contribution >= 0.6 is 0 Å². The highest BCUT2D eigenvalue weighted by atomic mass is 19.4. The Balaban J connectivity index is 2.00. The van der Waals surface area contributed by atoms with Crippen LogP contribution in [-0.4, -0.2) is 14.5 Å². The van der Waals surface area contributed by atoms with Gasteiger partial charge in [-0.25, -0.2) is 14.4 Å². The molecule has 0 fully saturated rings. The van der Waals surface area contributed by atoms with Gasteiger partial charge in [-0.2, -0.15) is 13.2 Å². The summed E-state index contributed by atoms with van der Waals surface area (Å²) in [7, 11) is 0. The smallest absolute Gasteiger partial charge is 0.315 e. The van der Waals surface area contributed by atoms with E-state index in [1.54, 1.807) is 0 Å². The molecule has 2 heterocycles. The molecule has 0 aliphatic rings. The minimum Gasteiger partial charge on any atom is -0.315 e. The molecule has 1 aromatic carbocycles. The lowest BCUT2D eigenvalue weighted by Gasteiger charge is -2.10. The van der Waals surface area contributed by atoms with Crippen LogP contribution in [0.3, 0.4) is 0 Å². The van der Waals surface area contributed by atoms with E-state index in [-0.39, 0.29) is 27.7 Å². The number of nitrogens with zero attached hydrogens (tertiary/aromatic N) is 3. The van der Waals surface area contributed by atoms with Gasteiger partial charge in [-0.15, -0.1) is 0 Å². The number of alkyl halides is 3. The Morgan fingerprint density at radius 2 is 1.74 bits per heavy atom. The van der Waals surface area contributed by atoms with Gasteiger partial charge in [0.15, 0.2) is 5.82 Å². The molecule has 0 saturated carbocycles. The summed E-state index contributed by atoms with van der Waals surface area (Å²) in [5, 5.41) is 0.301. The number of aromatic nitrogens is 3. The fourth-order valence-electron chi connectivity index (χ4n) is 2.82. The fourth-order valence-corrected chi connectivity index (χ4v) is 2.82. The maximum absolute atomic E-state index is 14.9. The van der Waals surface area contributed by atoms with Crippen LogP contribution in [0.1, 0.15) is 31.7 Å². The molecule has 0 radical (unpaired) electrons. The molecule has 3 aromatic rings. The van der Waals surface area contributed by atoms with Crippen molar-refractivity contribution >= 4 is 10.8 Å². The number of aryl methyl sites for hydroxylation is 1. The standard InChI is InChI=1S/C19H17F4N3O/c1-2-3-4-8-26-9-7-13-14(18(26)27)5-6-15(16(13)20)17-24-10-12(11-25-17)19(21,22)23/h5-7,9-11H,2-4,8H2,1H3. The van der Waals surface area contributed by atoms with Crippen molar-refractivity contribution in [2.75, 3.05) is 0 Å². The van der Waals surface area contributed by atoms with Crippen LogP contribution in [0.15, 0.2) is 41.6 Å². The number of benzene rings is 1. The number of hydrogen-bond donors (Lipinski definition) is 0. The highest BCUT2D eigenvalue weighted by molar-refractivity contribution is 5.86. The Bertz CT molecular complexity index is 1010. The molecule has 0 spiro atoms. The van der Waals surface area contributed by atoms with E-state index in [0.717, 1.165) is 19.3 Å². The summed E-state index contributed by atoms with van der Waals surface area (Å²) >= 11 is 0. The normalized spacial score (nSPS) is 11.9. The molecule has 0 amide bonds. The molecular weight excluding hydrogens is 362 g/mol. The Hall–Kier alpha value is -2.77. The molecule has 0 N–H and O–H groups in total. The van der Waals surface area contributed by atoms with E-state index < -0.39 is 17.6 Å². The molecule has 142 valence electrons. The number of halogens is 4. The number of hydrogen-bond acceptors (Lipinski definition) is 3. The van der Waals surface area contributed by atoms with Gasteiger partial charge in [0.1, 0.15) is 5.82 Å². The van der Waals surface area contributed by atoms with Gasteiger partial charge in [0, 0.05) is 30.5 Å². The molecule has 0 unspecified atom stereocenters. The molecule has 27 heavy (non-hydrogen) atoms. The zero-order chi connectivity index (χ0) is 19.6. The van der Waals surface area contributed by atoms with Crippen LogP contribution in [0.5, 0.6) is 0 Å².